The summed E-state index contributed by atoms with van der Waals surface area (Å²) in [5, 5.41) is 8.54. The highest BCUT2D eigenvalue weighted by Crippen LogP contribution is 2.16. The maximum absolute atomic E-state index is 11.9. The molecule has 0 aliphatic heterocycles. The summed E-state index contributed by atoms with van der Waals surface area (Å²) in [5.74, 6) is -0.913. The number of benzene rings is 1. The van der Waals surface area contributed by atoms with Crippen LogP contribution < -0.4 is 4.90 Å². The first-order chi connectivity index (χ1) is 9.04. The molecule has 4 heteroatoms. The molecular weight excluding hydrogens is 242 g/mol. The van der Waals surface area contributed by atoms with Crippen molar-refractivity contribution in [2.75, 3.05) is 11.9 Å². The van der Waals surface area contributed by atoms with Crippen LogP contribution >= 0.6 is 0 Å². The Morgan fingerprint density at radius 3 is 2.32 bits per heavy atom. The van der Waals surface area contributed by atoms with E-state index in [-0.39, 0.29) is 18.7 Å². The van der Waals surface area contributed by atoms with Gasteiger partial charge in [0.2, 0.25) is 5.91 Å². The smallest absolute Gasteiger partial charge is 0.303 e. The number of rotatable bonds is 7. The number of amides is 1. The quantitative estimate of drug-likeness (QED) is 0.823. The van der Waals surface area contributed by atoms with E-state index in [1.54, 1.807) is 11.9 Å². The van der Waals surface area contributed by atoms with Crippen LogP contribution in [0.4, 0.5) is 5.69 Å². The minimum Gasteiger partial charge on any atom is -0.481 e. The zero-order chi connectivity index (χ0) is 14.3. The number of hydrogen-bond donors (Lipinski definition) is 1. The molecule has 0 fully saturated rings. The molecule has 0 aromatic heterocycles. The summed E-state index contributed by atoms with van der Waals surface area (Å²) in [6.45, 7) is 2.13. The van der Waals surface area contributed by atoms with E-state index in [0.29, 0.717) is 6.42 Å². The van der Waals surface area contributed by atoms with Crippen molar-refractivity contribution >= 4 is 17.6 Å². The number of carbonyl (C=O) groups is 2. The number of aliphatic carboxylic acids is 1. The van der Waals surface area contributed by atoms with E-state index in [2.05, 4.69) is 6.92 Å². The van der Waals surface area contributed by atoms with E-state index < -0.39 is 5.97 Å². The number of carboxylic acids is 1. The molecule has 104 valence electrons. The van der Waals surface area contributed by atoms with E-state index in [1.807, 2.05) is 24.3 Å². The van der Waals surface area contributed by atoms with E-state index in [4.69, 9.17) is 5.11 Å². The van der Waals surface area contributed by atoms with Crippen molar-refractivity contribution in [2.45, 2.75) is 39.0 Å². The average Bonchev–Trinajstić information content (AvgIpc) is 2.38. The van der Waals surface area contributed by atoms with Gasteiger partial charge in [-0.05, 0) is 30.5 Å². The number of nitrogens with zero attached hydrogens (tertiary/aromatic N) is 1. The molecule has 1 aromatic rings. The zero-order valence-corrected chi connectivity index (χ0v) is 11.6. The summed E-state index contributed by atoms with van der Waals surface area (Å²) in [4.78, 5) is 23.8. The SMILES string of the molecule is CCCc1ccc(N(C)C(=O)CCCC(=O)O)cc1. The number of aryl methyl sites for hydroxylation is 1. The lowest BCUT2D eigenvalue weighted by Crippen LogP contribution is -2.25. The summed E-state index contributed by atoms with van der Waals surface area (Å²) in [6, 6.07) is 7.92. The van der Waals surface area contributed by atoms with Crippen LogP contribution in [-0.4, -0.2) is 24.0 Å². The fourth-order valence-corrected chi connectivity index (χ4v) is 1.88. The Balaban J connectivity index is 2.53. The fourth-order valence-electron chi connectivity index (χ4n) is 1.88. The molecule has 0 spiro atoms. The molecule has 19 heavy (non-hydrogen) atoms. The van der Waals surface area contributed by atoms with Crippen LogP contribution in [0.2, 0.25) is 0 Å². The monoisotopic (exact) mass is 263 g/mol. The van der Waals surface area contributed by atoms with E-state index in [9.17, 15) is 9.59 Å². The second-order valence-electron chi connectivity index (χ2n) is 4.62. The Kier molecular flexibility index (Phi) is 6.06. The molecule has 0 aliphatic rings. The van der Waals surface area contributed by atoms with Gasteiger partial charge in [-0.2, -0.15) is 0 Å². The Hall–Kier alpha value is -1.84. The van der Waals surface area contributed by atoms with Gasteiger partial charge in [-0.25, -0.2) is 0 Å². The molecule has 0 radical (unpaired) electrons. The largest absolute Gasteiger partial charge is 0.481 e. The number of carbonyl (C=O) groups excluding carboxylic acids is 1. The van der Waals surface area contributed by atoms with Gasteiger partial charge in [0.1, 0.15) is 0 Å². The molecule has 1 aromatic carbocycles. The lowest BCUT2D eigenvalue weighted by atomic mass is 10.1. The normalized spacial score (nSPS) is 10.2. The third-order valence-electron chi connectivity index (χ3n) is 3.02. The molecule has 1 amide bonds. The Bertz CT molecular complexity index is 426. The van der Waals surface area contributed by atoms with Gasteiger partial charge in [0.25, 0.3) is 0 Å². The van der Waals surface area contributed by atoms with Crippen molar-refractivity contribution < 1.29 is 14.7 Å². The molecule has 1 N–H and O–H groups in total. The van der Waals surface area contributed by atoms with Crippen molar-refractivity contribution in [3.05, 3.63) is 29.8 Å². The maximum atomic E-state index is 11.9. The van der Waals surface area contributed by atoms with E-state index in [0.717, 1.165) is 18.5 Å². The summed E-state index contributed by atoms with van der Waals surface area (Å²) < 4.78 is 0. The van der Waals surface area contributed by atoms with Crippen molar-refractivity contribution in [3.8, 4) is 0 Å². The second kappa shape index (κ2) is 7.56. The molecular formula is C15H21NO3. The first-order valence-electron chi connectivity index (χ1n) is 6.62. The summed E-state index contributed by atoms with van der Waals surface area (Å²) in [7, 11) is 1.72. The predicted molar refractivity (Wildman–Crippen MR) is 75.3 cm³/mol. The van der Waals surface area contributed by atoms with Gasteiger partial charge in [0.05, 0.1) is 0 Å². The molecule has 1 rings (SSSR count). The van der Waals surface area contributed by atoms with E-state index >= 15 is 0 Å². The number of hydrogen-bond acceptors (Lipinski definition) is 2. The topological polar surface area (TPSA) is 57.6 Å². The highest BCUT2D eigenvalue weighted by molar-refractivity contribution is 5.92. The fraction of sp³-hybridized carbons (Fsp3) is 0.467. The van der Waals surface area contributed by atoms with Crippen molar-refractivity contribution in [2.24, 2.45) is 0 Å². The summed E-state index contributed by atoms with van der Waals surface area (Å²) in [5.41, 5.74) is 2.11. The zero-order valence-electron chi connectivity index (χ0n) is 11.6. The molecule has 0 unspecified atom stereocenters. The Morgan fingerprint density at radius 1 is 1.16 bits per heavy atom. The van der Waals surface area contributed by atoms with Gasteiger partial charge < -0.3 is 10.0 Å². The summed E-state index contributed by atoms with van der Waals surface area (Å²) in [6.07, 6.45) is 2.82. The van der Waals surface area contributed by atoms with Crippen LogP contribution in [0.25, 0.3) is 0 Å². The van der Waals surface area contributed by atoms with Crippen LogP contribution in [0.1, 0.15) is 38.2 Å². The number of anilines is 1. The van der Waals surface area contributed by atoms with Gasteiger partial charge in [-0.3, -0.25) is 9.59 Å². The van der Waals surface area contributed by atoms with Crippen molar-refractivity contribution in [1.29, 1.82) is 0 Å². The van der Waals surface area contributed by atoms with Gasteiger partial charge in [-0.1, -0.05) is 25.5 Å². The molecule has 0 saturated heterocycles. The van der Waals surface area contributed by atoms with Gasteiger partial charge in [0.15, 0.2) is 0 Å². The van der Waals surface area contributed by atoms with Gasteiger partial charge in [-0.15, -0.1) is 0 Å². The van der Waals surface area contributed by atoms with Crippen molar-refractivity contribution in [3.63, 3.8) is 0 Å². The Morgan fingerprint density at radius 2 is 1.79 bits per heavy atom. The summed E-state index contributed by atoms with van der Waals surface area (Å²) >= 11 is 0. The molecule has 4 nitrogen and oxygen atoms in total. The maximum Gasteiger partial charge on any atom is 0.303 e. The third kappa shape index (κ3) is 5.12. The lowest BCUT2D eigenvalue weighted by Gasteiger charge is -2.17. The minimum atomic E-state index is -0.862. The predicted octanol–water partition coefficient (Wildman–Crippen LogP) is 2.86. The number of carboxylic acid groups (broad SMARTS) is 1. The van der Waals surface area contributed by atoms with Crippen LogP contribution in [0, 0.1) is 0 Å². The van der Waals surface area contributed by atoms with Crippen LogP contribution in [0.5, 0.6) is 0 Å². The van der Waals surface area contributed by atoms with Crippen LogP contribution in [0.15, 0.2) is 24.3 Å². The highest BCUT2D eigenvalue weighted by Gasteiger charge is 2.11. The lowest BCUT2D eigenvalue weighted by molar-refractivity contribution is -0.137. The van der Waals surface area contributed by atoms with Crippen LogP contribution in [-0.2, 0) is 16.0 Å². The second-order valence-corrected chi connectivity index (χ2v) is 4.62. The third-order valence-corrected chi connectivity index (χ3v) is 3.02. The molecule has 0 aliphatic carbocycles. The standard InChI is InChI=1S/C15H21NO3/c1-3-5-12-8-10-13(11-9-12)16(2)14(17)6-4-7-15(18)19/h8-11H,3-7H2,1-2H3,(H,18,19). The molecule has 0 bridgehead atoms. The molecule has 0 heterocycles. The first kappa shape index (κ1) is 15.2. The van der Waals surface area contributed by atoms with Gasteiger partial charge in [0, 0.05) is 25.6 Å². The Labute approximate surface area is 114 Å². The van der Waals surface area contributed by atoms with Crippen molar-refractivity contribution in [1.82, 2.24) is 0 Å². The average molecular weight is 263 g/mol. The minimum absolute atomic E-state index is 0.0367. The first-order valence-corrected chi connectivity index (χ1v) is 6.62. The van der Waals surface area contributed by atoms with Crippen LogP contribution in [0.3, 0.4) is 0 Å². The van der Waals surface area contributed by atoms with E-state index in [1.165, 1.54) is 5.56 Å². The molecule has 0 saturated carbocycles. The van der Waals surface area contributed by atoms with Gasteiger partial charge >= 0.3 is 5.97 Å². The highest BCUT2D eigenvalue weighted by atomic mass is 16.4. The molecule has 0 atom stereocenters.